The molecule has 0 saturated carbocycles. The number of nitrogens with zero attached hydrogens (tertiary/aromatic N) is 2. The standard InChI is InChI=1S/C19H29N3O2/c1-2-9-21(10-3-1)13-8-20-16-6-11-22(12-7-16)17-4-5-18-19(14-17)24-15-23-18/h4-5,14,16,20H,1-3,6-13,15H2. The van der Waals surface area contributed by atoms with Gasteiger partial charge in [0.15, 0.2) is 11.5 Å². The normalized spacial score (nSPS) is 22.1. The van der Waals surface area contributed by atoms with Gasteiger partial charge >= 0.3 is 0 Å². The zero-order valence-electron chi connectivity index (χ0n) is 14.5. The van der Waals surface area contributed by atoms with Gasteiger partial charge in [-0.25, -0.2) is 0 Å². The highest BCUT2D eigenvalue weighted by molar-refractivity contribution is 5.57. The highest BCUT2D eigenvalue weighted by Gasteiger charge is 2.21. The second kappa shape index (κ2) is 7.62. The van der Waals surface area contributed by atoms with Crippen molar-refractivity contribution in [3.05, 3.63) is 18.2 Å². The van der Waals surface area contributed by atoms with Gasteiger partial charge < -0.3 is 24.6 Å². The molecule has 0 atom stereocenters. The number of hydrogen-bond donors (Lipinski definition) is 1. The number of likely N-dealkylation sites (tertiary alicyclic amines) is 1. The van der Waals surface area contributed by atoms with Crippen LogP contribution in [0, 0.1) is 0 Å². The molecule has 2 fully saturated rings. The Morgan fingerprint density at radius 1 is 0.958 bits per heavy atom. The van der Waals surface area contributed by atoms with Crippen LogP contribution in [-0.2, 0) is 0 Å². The first-order valence-electron chi connectivity index (χ1n) is 9.49. The SMILES string of the molecule is c1cc2c(cc1N1CCC(NCCN3CCCCC3)CC1)OCO2. The second-order valence-electron chi connectivity index (χ2n) is 7.16. The van der Waals surface area contributed by atoms with Gasteiger partial charge in [0.05, 0.1) is 0 Å². The van der Waals surface area contributed by atoms with E-state index in [-0.39, 0.29) is 0 Å². The lowest BCUT2D eigenvalue weighted by Gasteiger charge is -2.35. The summed E-state index contributed by atoms with van der Waals surface area (Å²) in [7, 11) is 0. The lowest BCUT2D eigenvalue weighted by Crippen LogP contribution is -2.45. The van der Waals surface area contributed by atoms with E-state index in [4.69, 9.17) is 9.47 Å². The molecule has 4 rings (SSSR count). The second-order valence-corrected chi connectivity index (χ2v) is 7.16. The molecule has 132 valence electrons. The smallest absolute Gasteiger partial charge is 0.231 e. The summed E-state index contributed by atoms with van der Waals surface area (Å²) in [5.74, 6) is 1.75. The Morgan fingerprint density at radius 3 is 2.58 bits per heavy atom. The van der Waals surface area contributed by atoms with Crippen molar-refractivity contribution in [1.29, 1.82) is 0 Å². The van der Waals surface area contributed by atoms with Crippen LogP contribution in [-0.4, -0.2) is 57.0 Å². The Morgan fingerprint density at radius 2 is 1.75 bits per heavy atom. The van der Waals surface area contributed by atoms with E-state index >= 15 is 0 Å². The van der Waals surface area contributed by atoms with Crippen LogP contribution >= 0.6 is 0 Å². The first kappa shape index (κ1) is 16.0. The van der Waals surface area contributed by atoms with Crippen LogP contribution < -0.4 is 19.7 Å². The fourth-order valence-electron chi connectivity index (χ4n) is 4.03. The van der Waals surface area contributed by atoms with Crippen LogP contribution in [0.1, 0.15) is 32.1 Å². The van der Waals surface area contributed by atoms with Gasteiger partial charge in [0.1, 0.15) is 0 Å². The minimum absolute atomic E-state index is 0.349. The third-order valence-electron chi connectivity index (χ3n) is 5.53. The summed E-state index contributed by atoms with van der Waals surface area (Å²) in [4.78, 5) is 5.07. The van der Waals surface area contributed by atoms with Crippen LogP contribution in [0.2, 0.25) is 0 Å². The van der Waals surface area contributed by atoms with E-state index in [2.05, 4.69) is 27.2 Å². The van der Waals surface area contributed by atoms with Crippen LogP contribution in [0.25, 0.3) is 0 Å². The molecule has 0 spiro atoms. The molecule has 2 saturated heterocycles. The maximum absolute atomic E-state index is 5.50. The van der Waals surface area contributed by atoms with Crippen LogP contribution in [0.15, 0.2) is 18.2 Å². The minimum atomic E-state index is 0.349. The van der Waals surface area contributed by atoms with E-state index in [0.29, 0.717) is 12.8 Å². The third kappa shape index (κ3) is 3.78. The van der Waals surface area contributed by atoms with E-state index in [9.17, 15) is 0 Å². The fraction of sp³-hybridized carbons (Fsp3) is 0.684. The average Bonchev–Trinajstić information content (AvgIpc) is 3.11. The Kier molecular flexibility index (Phi) is 5.09. The number of nitrogens with one attached hydrogen (secondary N) is 1. The zero-order valence-corrected chi connectivity index (χ0v) is 14.5. The van der Waals surface area contributed by atoms with Gasteiger partial charge in [0.2, 0.25) is 6.79 Å². The average molecular weight is 331 g/mol. The zero-order chi connectivity index (χ0) is 16.2. The fourth-order valence-corrected chi connectivity index (χ4v) is 4.03. The Hall–Kier alpha value is -1.46. The van der Waals surface area contributed by atoms with Crippen molar-refractivity contribution < 1.29 is 9.47 Å². The first-order chi connectivity index (χ1) is 11.9. The topological polar surface area (TPSA) is 37.0 Å². The molecule has 0 radical (unpaired) electrons. The molecular formula is C19H29N3O2. The van der Waals surface area contributed by atoms with Gasteiger partial charge in [-0.2, -0.15) is 0 Å². The molecule has 3 aliphatic rings. The lowest BCUT2D eigenvalue weighted by molar-refractivity contribution is 0.174. The van der Waals surface area contributed by atoms with Crippen LogP contribution in [0.4, 0.5) is 5.69 Å². The molecule has 0 aromatic heterocycles. The molecule has 1 aromatic rings. The van der Waals surface area contributed by atoms with Gasteiger partial charge in [-0.15, -0.1) is 0 Å². The van der Waals surface area contributed by atoms with Crippen molar-refractivity contribution in [2.75, 3.05) is 51.0 Å². The van der Waals surface area contributed by atoms with Crippen molar-refractivity contribution in [1.82, 2.24) is 10.2 Å². The number of hydrogen-bond acceptors (Lipinski definition) is 5. The molecule has 24 heavy (non-hydrogen) atoms. The number of rotatable bonds is 5. The van der Waals surface area contributed by atoms with Gasteiger partial charge in [0.25, 0.3) is 0 Å². The van der Waals surface area contributed by atoms with E-state index in [0.717, 1.165) is 31.1 Å². The molecule has 0 aliphatic carbocycles. The summed E-state index contributed by atoms with van der Waals surface area (Å²) in [5, 5.41) is 3.77. The summed E-state index contributed by atoms with van der Waals surface area (Å²) < 4.78 is 10.9. The van der Waals surface area contributed by atoms with Crippen molar-refractivity contribution >= 4 is 5.69 Å². The molecule has 5 heteroatoms. The highest BCUT2D eigenvalue weighted by atomic mass is 16.7. The van der Waals surface area contributed by atoms with Crippen molar-refractivity contribution in [3.8, 4) is 11.5 Å². The largest absolute Gasteiger partial charge is 0.454 e. The van der Waals surface area contributed by atoms with Crippen molar-refractivity contribution in [3.63, 3.8) is 0 Å². The Labute approximate surface area is 144 Å². The molecule has 0 bridgehead atoms. The van der Waals surface area contributed by atoms with E-state index in [1.54, 1.807) is 0 Å². The summed E-state index contributed by atoms with van der Waals surface area (Å²) >= 11 is 0. The van der Waals surface area contributed by atoms with E-state index in [1.807, 2.05) is 6.07 Å². The molecule has 0 amide bonds. The molecule has 1 N–H and O–H groups in total. The van der Waals surface area contributed by atoms with E-state index < -0.39 is 0 Å². The van der Waals surface area contributed by atoms with Gasteiger partial charge in [0, 0.05) is 44.0 Å². The third-order valence-corrected chi connectivity index (χ3v) is 5.53. The first-order valence-corrected chi connectivity index (χ1v) is 9.49. The Balaban J connectivity index is 1.20. The summed E-state index contributed by atoms with van der Waals surface area (Å²) in [6, 6.07) is 6.96. The molecule has 3 aliphatic heterocycles. The maximum atomic E-state index is 5.50. The lowest BCUT2D eigenvalue weighted by atomic mass is 10.0. The summed E-state index contributed by atoms with van der Waals surface area (Å²) in [5.41, 5.74) is 1.26. The molecule has 0 unspecified atom stereocenters. The molecular weight excluding hydrogens is 302 g/mol. The predicted molar refractivity (Wildman–Crippen MR) is 96.1 cm³/mol. The predicted octanol–water partition coefficient (Wildman–Crippen LogP) is 2.46. The van der Waals surface area contributed by atoms with Gasteiger partial charge in [-0.1, -0.05) is 6.42 Å². The quantitative estimate of drug-likeness (QED) is 0.897. The molecule has 1 aromatic carbocycles. The Bertz CT molecular complexity index is 537. The number of benzene rings is 1. The van der Waals surface area contributed by atoms with E-state index in [1.165, 1.54) is 57.4 Å². The molecule has 3 heterocycles. The van der Waals surface area contributed by atoms with Crippen LogP contribution in [0.5, 0.6) is 11.5 Å². The van der Waals surface area contributed by atoms with Crippen molar-refractivity contribution in [2.24, 2.45) is 0 Å². The van der Waals surface area contributed by atoms with Gasteiger partial charge in [-0.05, 0) is 50.9 Å². The minimum Gasteiger partial charge on any atom is -0.454 e. The number of fused-ring (bicyclic) bond motifs is 1. The van der Waals surface area contributed by atoms with Crippen molar-refractivity contribution in [2.45, 2.75) is 38.1 Å². The highest BCUT2D eigenvalue weighted by Crippen LogP contribution is 2.36. The number of anilines is 1. The summed E-state index contributed by atoms with van der Waals surface area (Å²) in [6.07, 6.45) is 6.62. The molecule has 5 nitrogen and oxygen atoms in total. The van der Waals surface area contributed by atoms with Crippen LogP contribution in [0.3, 0.4) is 0 Å². The number of ether oxygens (including phenoxy) is 2. The monoisotopic (exact) mass is 331 g/mol. The summed E-state index contributed by atoms with van der Waals surface area (Å²) in [6.45, 7) is 7.51. The van der Waals surface area contributed by atoms with Gasteiger partial charge in [-0.3, -0.25) is 0 Å². The number of piperidine rings is 2. The maximum Gasteiger partial charge on any atom is 0.231 e.